The Morgan fingerprint density at radius 1 is 1.56 bits per heavy atom. The summed E-state index contributed by atoms with van der Waals surface area (Å²) in [5.74, 6) is 1.03. The number of nitrogens with zero attached hydrogens (tertiary/aromatic N) is 2. The summed E-state index contributed by atoms with van der Waals surface area (Å²) in [6.45, 7) is 8.75. The van der Waals surface area contributed by atoms with Crippen LogP contribution >= 0.6 is 0 Å². The molecule has 1 aromatic heterocycles. The van der Waals surface area contributed by atoms with Gasteiger partial charge in [-0.3, -0.25) is 4.79 Å². The molecular formula is C14H22N2O2. The molecule has 1 aliphatic heterocycles. The molecule has 1 atom stereocenters. The van der Waals surface area contributed by atoms with Gasteiger partial charge in [-0.1, -0.05) is 32.9 Å². The lowest BCUT2D eigenvalue weighted by Gasteiger charge is -2.29. The van der Waals surface area contributed by atoms with Crippen LogP contribution in [-0.4, -0.2) is 22.5 Å². The van der Waals surface area contributed by atoms with Gasteiger partial charge in [0.2, 0.25) is 5.91 Å². The van der Waals surface area contributed by atoms with Crippen LogP contribution in [0.25, 0.3) is 0 Å². The molecule has 1 amide bonds. The molecule has 0 unspecified atom stereocenters. The maximum atomic E-state index is 12.4. The van der Waals surface area contributed by atoms with Crippen molar-refractivity contribution < 1.29 is 9.32 Å². The molecule has 18 heavy (non-hydrogen) atoms. The number of hydrogen-bond acceptors (Lipinski definition) is 3. The third-order valence-corrected chi connectivity index (χ3v) is 3.42. The number of hydrogen-bond donors (Lipinski definition) is 0. The summed E-state index contributed by atoms with van der Waals surface area (Å²) < 4.78 is 5.39. The largest absolute Gasteiger partial charge is 0.359 e. The molecule has 1 aliphatic rings. The van der Waals surface area contributed by atoms with Crippen LogP contribution in [0.3, 0.4) is 0 Å². The van der Waals surface area contributed by atoms with Gasteiger partial charge in [-0.15, -0.1) is 0 Å². The summed E-state index contributed by atoms with van der Waals surface area (Å²) in [7, 11) is 0. The molecule has 0 radical (unpaired) electrons. The number of carbonyl (C=O) groups is 1. The number of amides is 1. The van der Waals surface area contributed by atoms with Crippen molar-refractivity contribution in [1.82, 2.24) is 10.1 Å². The van der Waals surface area contributed by atoms with E-state index in [1.165, 1.54) is 0 Å². The predicted molar refractivity (Wildman–Crippen MR) is 69.0 cm³/mol. The van der Waals surface area contributed by atoms with Crippen molar-refractivity contribution in [2.75, 3.05) is 6.54 Å². The zero-order valence-corrected chi connectivity index (χ0v) is 11.7. The minimum atomic E-state index is -0.337. The third kappa shape index (κ3) is 2.42. The van der Waals surface area contributed by atoms with Gasteiger partial charge in [0.15, 0.2) is 5.76 Å². The molecule has 0 bridgehead atoms. The van der Waals surface area contributed by atoms with Crippen molar-refractivity contribution in [2.45, 2.75) is 53.0 Å². The molecule has 0 spiro atoms. The Morgan fingerprint density at radius 3 is 2.83 bits per heavy atom. The number of aryl methyl sites for hydroxylation is 1. The van der Waals surface area contributed by atoms with E-state index in [9.17, 15) is 4.79 Å². The van der Waals surface area contributed by atoms with E-state index in [2.05, 4.69) is 5.16 Å². The fourth-order valence-electron chi connectivity index (χ4n) is 2.39. The molecule has 4 heteroatoms. The van der Waals surface area contributed by atoms with Crippen molar-refractivity contribution >= 4 is 5.91 Å². The second-order valence-corrected chi connectivity index (χ2v) is 5.98. The highest BCUT2D eigenvalue weighted by Gasteiger charge is 2.37. The quantitative estimate of drug-likeness (QED) is 0.810. The van der Waals surface area contributed by atoms with Gasteiger partial charge in [0.05, 0.1) is 11.7 Å². The monoisotopic (exact) mass is 250 g/mol. The molecule has 1 fully saturated rings. The van der Waals surface area contributed by atoms with Crippen LogP contribution in [0.15, 0.2) is 10.6 Å². The normalized spacial score (nSPS) is 20.4. The SMILES string of the molecule is CCc1cc([C@H]2CCCN2C(=O)C(C)(C)C)on1. The van der Waals surface area contributed by atoms with Gasteiger partial charge in [0, 0.05) is 18.0 Å². The lowest BCUT2D eigenvalue weighted by molar-refractivity contribution is -0.140. The first-order valence-electron chi connectivity index (χ1n) is 6.70. The molecule has 2 rings (SSSR count). The number of aromatic nitrogens is 1. The van der Waals surface area contributed by atoms with E-state index in [-0.39, 0.29) is 17.4 Å². The fraction of sp³-hybridized carbons (Fsp3) is 0.714. The van der Waals surface area contributed by atoms with Crippen LogP contribution in [0.1, 0.15) is 58.0 Å². The average molecular weight is 250 g/mol. The lowest BCUT2D eigenvalue weighted by Crippen LogP contribution is -2.38. The topological polar surface area (TPSA) is 46.3 Å². The number of rotatable bonds is 2. The number of carbonyl (C=O) groups excluding carboxylic acids is 1. The maximum absolute atomic E-state index is 12.4. The first-order valence-corrected chi connectivity index (χ1v) is 6.70. The van der Waals surface area contributed by atoms with Crippen LogP contribution in [0.2, 0.25) is 0 Å². The molecular weight excluding hydrogens is 228 g/mol. The van der Waals surface area contributed by atoms with Gasteiger partial charge in [-0.25, -0.2) is 0 Å². The second kappa shape index (κ2) is 4.75. The Hall–Kier alpha value is -1.32. The zero-order valence-electron chi connectivity index (χ0n) is 11.7. The van der Waals surface area contributed by atoms with E-state index < -0.39 is 0 Å². The van der Waals surface area contributed by atoms with Gasteiger partial charge in [-0.2, -0.15) is 0 Å². The molecule has 4 nitrogen and oxygen atoms in total. The van der Waals surface area contributed by atoms with Crippen molar-refractivity contribution in [3.63, 3.8) is 0 Å². The van der Waals surface area contributed by atoms with Crippen LogP contribution in [0, 0.1) is 5.41 Å². The highest BCUT2D eigenvalue weighted by molar-refractivity contribution is 5.82. The molecule has 2 heterocycles. The zero-order chi connectivity index (χ0) is 13.3. The highest BCUT2D eigenvalue weighted by atomic mass is 16.5. The van der Waals surface area contributed by atoms with Gasteiger partial charge in [0.1, 0.15) is 0 Å². The summed E-state index contributed by atoms with van der Waals surface area (Å²) in [4.78, 5) is 14.3. The maximum Gasteiger partial charge on any atom is 0.228 e. The summed E-state index contributed by atoms with van der Waals surface area (Å²) in [6.07, 6.45) is 2.87. The van der Waals surface area contributed by atoms with Gasteiger partial charge in [0.25, 0.3) is 0 Å². The van der Waals surface area contributed by atoms with Gasteiger partial charge in [-0.05, 0) is 19.3 Å². The van der Waals surface area contributed by atoms with E-state index in [1.54, 1.807) is 0 Å². The minimum Gasteiger partial charge on any atom is -0.359 e. The van der Waals surface area contributed by atoms with Crippen molar-refractivity contribution in [1.29, 1.82) is 0 Å². The van der Waals surface area contributed by atoms with E-state index in [0.717, 1.165) is 37.3 Å². The Morgan fingerprint density at radius 2 is 2.28 bits per heavy atom. The van der Waals surface area contributed by atoms with Gasteiger partial charge < -0.3 is 9.42 Å². The Labute approximate surface area is 108 Å². The molecule has 1 saturated heterocycles. The van der Waals surface area contributed by atoms with Crippen LogP contribution in [-0.2, 0) is 11.2 Å². The minimum absolute atomic E-state index is 0.0736. The van der Waals surface area contributed by atoms with Crippen molar-refractivity contribution in [3.05, 3.63) is 17.5 Å². The molecule has 0 N–H and O–H groups in total. The van der Waals surface area contributed by atoms with E-state index in [0.29, 0.717) is 0 Å². The highest BCUT2D eigenvalue weighted by Crippen LogP contribution is 2.35. The van der Waals surface area contributed by atoms with Crippen LogP contribution < -0.4 is 0 Å². The molecule has 0 saturated carbocycles. The molecule has 100 valence electrons. The van der Waals surface area contributed by atoms with Crippen LogP contribution in [0.4, 0.5) is 0 Å². The summed E-state index contributed by atoms with van der Waals surface area (Å²) in [5, 5.41) is 4.02. The molecule has 1 aromatic rings. The number of likely N-dealkylation sites (tertiary alicyclic amines) is 1. The van der Waals surface area contributed by atoms with E-state index in [4.69, 9.17) is 4.52 Å². The fourth-order valence-corrected chi connectivity index (χ4v) is 2.39. The smallest absolute Gasteiger partial charge is 0.228 e. The summed E-state index contributed by atoms with van der Waals surface area (Å²) in [5.41, 5.74) is 0.621. The van der Waals surface area contributed by atoms with Gasteiger partial charge >= 0.3 is 0 Å². The summed E-state index contributed by atoms with van der Waals surface area (Å²) >= 11 is 0. The molecule has 0 aliphatic carbocycles. The van der Waals surface area contributed by atoms with Crippen molar-refractivity contribution in [3.8, 4) is 0 Å². The predicted octanol–water partition coefficient (Wildman–Crippen LogP) is 2.95. The Balaban J connectivity index is 2.20. The lowest BCUT2D eigenvalue weighted by atomic mass is 9.94. The first-order chi connectivity index (χ1) is 8.43. The Bertz CT molecular complexity index is 431. The standard InChI is InChI=1S/C14H22N2O2/c1-5-10-9-12(18-15-10)11-7-6-8-16(11)13(17)14(2,3)4/h9,11H,5-8H2,1-4H3/t11-/m1/s1. The Kier molecular flexibility index (Phi) is 3.46. The van der Waals surface area contributed by atoms with Crippen LogP contribution in [0.5, 0.6) is 0 Å². The van der Waals surface area contributed by atoms with E-state index >= 15 is 0 Å². The average Bonchev–Trinajstić information content (AvgIpc) is 2.94. The van der Waals surface area contributed by atoms with E-state index in [1.807, 2.05) is 38.7 Å². The molecule has 0 aromatic carbocycles. The third-order valence-electron chi connectivity index (χ3n) is 3.42. The second-order valence-electron chi connectivity index (χ2n) is 5.98. The first kappa shape index (κ1) is 13.1. The van der Waals surface area contributed by atoms with Crippen molar-refractivity contribution in [2.24, 2.45) is 5.41 Å². The summed E-state index contributed by atoms with van der Waals surface area (Å²) in [6, 6.07) is 2.06.